The largest absolute Gasteiger partial charge is 0.463 e. The Morgan fingerprint density at radius 1 is 1.24 bits per heavy atom. The molecule has 0 radical (unpaired) electrons. The molecule has 1 aromatic rings. The summed E-state index contributed by atoms with van der Waals surface area (Å²) < 4.78 is 5.69. The van der Waals surface area contributed by atoms with E-state index in [1.807, 2.05) is 37.3 Å². The molecule has 25 heavy (non-hydrogen) atoms. The summed E-state index contributed by atoms with van der Waals surface area (Å²) in [5.41, 5.74) is 2.29. The Morgan fingerprint density at radius 3 is 2.48 bits per heavy atom. The summed E-state index contributed by atoms with van der Waals surface area (Å²) in [6, 6.07) is 9.70. The van der Waals surface area contributed by atoms with Crippen LogP contribution in [0.25, 0.3) is 10.9 Å². The van der Waals surface area contributed by atoms with Crippen molar-refractivity contribution in [2.75, 3.05) is 18.0 Å². The molecule has 1 aromatic carbocycles. The summed E-state index contributed by atoms with van der Waals surface area (Å²) in [5.74, 6) is 1.15. The molecule has 128 valence electrons. The highest BCUT2D eigenvalue weighted by molar-refractivity contribution is 5.57. The Bertz CT molecular complexity index is 742. The first-order valence-electron chi connectivity index (χ1n) is 8.48. The van der Waals surface area contributed by atoms with Crippen LogP contribution in [-0.2, 0) is 4.74 Å². The molecule has 0 fully saturated rings. The van der Waals surface area contributed by atoms with Crippen LogP contribution in [0.1, 0.15) is 26.3 Å². The van der Waals surface area contributed by atoms with Gasteiger partial charge >= 0.3 is 6.04 Å². The second-order valence-corrected chi connectivity index (χ2v) is 5.83. The van der Waals surface area contributed by atoms with Gasteiger partial charge in [-0.2, -0.15) is 5.26 Å². The van der Waals surface area contributed by atoms with Gasteiger partial charge in [0.15, 0.2) is 6.07 Å². The molecule has 0 saturated heterocycles. The van der Waals surface area contributed by atoms with Crippen LogP contribution in [0.5, 0.6) is 0 Å². The molecule has 1 aliphatic heterocycles. The van der Waals surface area contributed by atoms with Crippen molar-refractivity contribution < 1.29 is 4.74 Å². The minimum absolute atomic E-state index is 0.235. The van der Waals surface area contributed by atoms with E-state index in [2.05, 4.69) is 47.9 Å². The molecule has 0 amide bonds. The van der Waals surface area contributed by atoms with Crippen molar-refractivity contribution in [3.8, 4) is 6.07 Å². The van der Waals surface area contributed by atoms with Gasteiger partial charge < -0.3 is 9.64 Å². The van der Waals surface area contributed by atoms with Gasteiger partial charge in [0, 0.05) is 18.8 Å². The van der Waals surface area contributed by atoms with E-state index in [0.29, 0.717) is 11.5 Å². The molecule has 0 bridgehead atoms. The molecule has 0 aromatic heterocycles. The van der Waals surface area contributed by atoms with Crippen LogP contribution < -0.4 is 4.90 Å². The minimum Gasteiger partial charge on any atom is -0.463 e. The average molecular weight is 333 g/mol. The van der Waals surface area contributed by atoms with Gasteiger partial charge in [-0.3, -0.25) is 4.85 Å². The van der Waals surface area contributed by atoms with E-state index in [0.717, 1.165) is 18.7 Å². The van der Waals surface area contributed by atoms with Gasteiger partial charge in [-0.15, -0.1) is 0 Å². The fraction of sp³-hybridized carbons (Fsp3) is 0.333. The van der Waals surface area contributed by atoms with E-state index in [-0.39, 0.29) is 5.92 Å². The van der Waals surface area contributed by atoms with Crippen LogP contribution >= 0.6 is 0 Å². The molecule has 0 aliphatic carbocycles. The van der Waals surface area contributed by atoms with E-state index in [1.165, 1.54) is 5.69 Å². The standard InChI is InChI=1S/C21H23N3O/c1-5-24(6-2)19-10-7-17(8-11-19)9-12-20-14-18(13-16(3)25-20)21(15-22)23-4/h7-14,18,21H,5-6H2,1-3H3. The lowest BCUT2D eigenvalue weighted by atomic mass is 9.97. The van der Waals surface area contributed by atoms with Crippen molar-refractivity contribution in [1.29, 1.82) is 5.26 Å². The van der Waals surface area contributed by atoms with Crippen molar-refractivity contribution >= 4 is 11.8 Å². The third-order valence-electron chi connectivity index (χ3n) is 4.16. The molecule has 2 unspecified atom stereocenters. The van der Waals surface area contributed by atoms with E-state index >= 15 is 0 Å². The van der Waals surface area contributed by atoms with Gasteiger partial charge in [-0.05, 0) is 56.7 Å². The van der Waals surface area contributed by atoms with Crippen LogP contribution in [0.2, 0.25) is 0 Å². The first kappa shape index (κ1) is 18.4. The number of nitriles is 1. The second-order valence-electron chi connectivity index (χ2n) is 5.83. The van der Waals surface area contributed by atoms with Crippen LogP contribution in [0.3, 0.4) is 0 Å². The molecule has 1 heterocycles. The molecular weight excluding hydrogens is 310 g/mol. The van der Waals surface area contributed by atoms with Crippen molar-refractivity contribution in [3.63, 3.8) is 0 Å². The monoisotopic (exact) mass is 333 g/mol. The topological polar surface area (TPSA) is 40.6 Å². The number of nitrogens with zero attached hydrogens (tertiary/aromatic N) is 3. The summed E-state index contributed by atoms with van der Waals surface area (Å²) >= 11 is 0. The maximum atomic E-state index is 9.09. The van der Waals surface area contributed by atoms with Crippen molar-refractivity contribution in [2.24, 2.45) is 5.92 Å². The molecule has 4 heteroatoms. The second kappa shape index (κ2) is 8.76. The first-order chi connectivity index (χ1) is 12.1. The van der Waals surface area contributed by atoms with Crippen LogP contribution in [0.15, 0.2) is 54.0 Å². The number of allylic oxidation sites excluding steroid dienone is 2. The first-order valence-corrected chi connectivity index (χ1v) is 8.48. The minimum atomic E-state index is -0.712. The Labute approximate surface area is 150 Å². The fourth-order valence-electron chi connectivity index (χ4n) is 2.80. The maximum Gasteiger partial charge on any atom is 0.316 e. The highest BCUT2D eigenvalue weighted by Crippen LogP contribution is 2.25. The summed E-state index contributed by atoms with van der Waals surface area (Å²) in [5, 5.41) is 9.09. The molecule has 2 atom stereocenters. The Morgan fingerprint density at radius 2 is 1.92 bits per heavy atom. The average Bonchev–Trinajstić information content (AvgIpc) is 2.63. The lowest BCUT2D eigenvalue weighted by Gasteiger charge is -2.20. The van der Waals surface area contributed by atoms with Crippen molar-refractivity contribution in [2.45, 2.75) is 26.8 Å². The van der Waals surface area contributed by atoms with Gasteiger partial charge in [0.05, 0.1) is 11.7 Å². The third kappa shape index (κ3) is 4.75. The van der Waals surface area contributed by atoms with Gasteiger partial charge in [0.1, 0.15) is 5.76 Å². The van der Waals surface area contributed by atoms with Crippen LogP contribution in [-0.4, -0.2) is 19.1 Å². The molecule has 4 nitrogen and oxygen atoms in total. The maximum absolute atomic E-state index is 9.09. The molecule has 2 rings (SSSR count). The smallest absolute Gasteiger partial charge is 0.316 e. The van der Waals surface area contributed by atoms with Crippen LogP contribution in [0, 0.1) is 23.8 Å². The van der Waals surface area contributed by atoms with E-state index < -0.39 is 6.04 Å². The van der Waals surface area contributed by atoms with E-state index in [4.69, 9.17) is 16.6 Å². The molecule has 0 spiro atoms. The highest BCUT2D eigenvalue weighted by Gasteiger charge is 2.25. The van der Waals surface area contributed by atoms with Crippen molar-refractivity contribution in [1.82, 2.24) is 0 Å². The number of rotatable bonds is 6. The number of ether oxygens (including phenoxy) is 1. The zero-order chi connectivity index (χ0) is 18.2. The Kier molecular flexibility index (Phi) is 6.43. The zero-order valence-corrected chi connectivity index (χ0v) is 14.9. The van der Waals surface area contributed by atoms with Gasteiger partial charge in [-0.1, -0.05) is 18.2 Å². The summed E-state index contributed by atoms with van der Waals surface area (Å²) in [6.07, 6.45) is 7.52. The normalized spacial score (nSPS) is 17.7. The quantitative estimate of drug-likeness (QED) is 0.703. The third-order valence-corrected chi connectivity index (χ3v) is 4.16. The van der Waals surface area contributed by atoms with E-state index in [9.17, 15) is 0 Å². The highest BCUT2D eigenvalue weighted by atomic mass is 16.5. The molecule has 0 N–H and O–H groups in total. The summed E-state index contributed by atoms with van der Waals surface area (Å²) in [6.45, 7) is 15.2. The zero-order valence-electron chi connectivity index (χ0n) is 14.9. The lowest BCUT2D eigenvalue weighted by molar-refractivity contribution is 0.304. The molecule has 1 aliphatic rings. The van der Waals surface area contributed by atoms with Crippen LogP contribution in [0.4, 0.5) is 5.69 Å². The number of benzene rings is 1. The molecule has 0 saturated carbocycles. The summed E-state index contributed by atoms with van der Waals surface area (Å²) in [4.78, 5) is 5.67. The van der Waals surface area contributed by atoms with Gasteiger partial charge in [0.25, 0.3) is 0 Å². The fourth-order valence-corrected chi connectivity index (χ4v) is 2.80. The Hall–Kier alpha value is -2.98. The van der Waals surface area contributed by atoms with Gasteiger partial charge in [-0.25, -0.2) is 6.57 Å². The number of anilines is 1. The number of hydrogen-bond donors (Lipinski definition) is 0. The Balaban J connectivity index is 2.13. The van der Waals surface area contributed by atoms with E-state index in [1.54, 1.807) is 0 Å². The lowest BCUT2D eigenvalue weighted by Crippen LogP contribution is -2.21. The predicted molar refractivity (Wildman–Crippen MR) is 101 cm³/mol. The SMILES string of the molecule is [C-]#[N+]C(C#N)C1C=C(C)OC(C=Cc2ccc(N(CC)CC)cc2)=C1. The summed E-state index contributed by atoms with van der Waals surface area (Å²) in [7, 11) is 0. The van der Waals surface area contributed by atoms with Crippen molar-refractivity contribution in [3.05, 3.63) is 71.0 Å². The van der Waals surface area contributed by atoms with Gasteiger partial charge in [0.2, 0.25) is 0 Å². The molecular formula is C21H23N3O. The predicted octanol–water partition coefficient (Wildman–Crippen LogP) is 4.79. The number of hydrogen-bond acceptors (Lipinski definition) is 3.